The molecule has 1 saturated carbocycles. The fraction of sp³-hybridized carbons (Fsp3) is 0.154. The second kappa shape index (κ2) is 5.17. The third-order valence-corrected chi connectivity index (χ3v) is 6.83. The highest BCUT2D eigenvalue weighted by atomic mass is 14.7. The molecule has 4 aromatic carbocycles. The molecule has 0 bridgehead atoms. The molecule has 2 N–H and O–H groups in total. The predicted octanol–water partition coefficient (Wildman–Crippen LogP) is 7.38. The van der Waals surface area contributed by atoms with Gasteiger partial charge in [0.2, 0.25) is 0 Å². The quantitative estimate of drug-likeness (QED) is 0.307. The van der Waals surface area contributed by atoms with Gasteiger partial charge in [0.05, 0.1) is 11.0 Å². The lowest BCUT2D eigenvalue weighted by atomic mass is 9.80. The van der Waals surface area contributed by atoms with E-state index in [9.17, 15) is 0 Å². The van der Waals surface area contributed by atoms with E-state index < -0.39 is 0 Å². The molecule has 1 aliphatic rings. The van der Waals surface area contributed by atoms with Crippen LogP contribution in [0.5, 0.6) is 0 Å². The van der Waals surface area contributed by atoms with Crippen LogP contribution in [-0.4, -0.2) is 9.97 Å². The van der Waals surface area contributed by atoms with Crippen molar-refractivity contribution >= 4 is 54.4 Å². The summed E-state index contributed by atoms with van der Waals surface area (Å²) in [5.74, 6) is 0.757. The van der Waals surface area contributed by atoms with E-state index in [1.807, 2.05) is 0 Å². The number of aromatic amines is 2. The molecule has 0 radical (unpaired) electrons. The molecule has 0 saturated heterocycles. The van der Waals surface area contributed by atoms with Gasteiger partial charge in [0.25, 0.3) is 0 Å². The molecule has 0 atom stereocenters. The van der Waals surface area contributed by atoms with Gasteiger partial charge in [0.15, 0.2) is 0 Å². The molecule has 7 rings (SSSR count). The van der Waals surface area contributed by atoms with Crippen LogP contribution >= 0.6 is 0 Å². The highest BCUT2D eigenvalue weighted by Gasteiger charge is 2.20. The Morgan fingerprint density at radius 1 is 0.643 bits per heavy atom. The largest absolute Gasteiger partial charge is 0.354 e. The van der Waals surface area contributed by atoms with Crippen molar-refractivity contribution in [2.45, 2.75) is 25.2 Å². The Morgan fingerprint density at radius 2 is 1.32 bits per heavy atom. The van der Waals surface area contributed by atoms with Gasteiger partial charge in [-0.25, -0.2) is 0 Å². The summed E-state index contributed by atoms with van der Waals surface area (Å²) in [7, 11) is 0. The first-order chi connectivity index (χ1) is 13.9. The second-order valence-corrected chi connectivity index (χ2v) is 8.30. The number of rotatable bonds is 1. The van der Waals surface area contributed by atoms with Crippen LogP contribution in [0.1, 0.15) is 30.7 Å². The smallest absolute Gasteiger partial charge is 0.0565 e. The van der Waals surface area contributed by atoms with Crippen molar-refractivity contribution in [1.82, 2.24) is 9.97 Å². The van der Waals surface area contributed by atoms with Crippen LogP contribution in [0.3, 0.4) is 0 Å². The summed E-state index contributed by atoms with van der Waals surface area (Å²) in [6, 6.07) is 24.7. The van der Waals surface area contributed by atoms with Gasteiger partial charge in [-0.05, 0) is 41.8 Å². The summed E-state index contributed by atoms with van der Waals surface area (Å²) < 4.78 is 0. The maximum atomic E-state index is 3.78. The minimum absolute atomic E-state index is 0.757. The molecule has 134 valence electrons. The molecule has 1 aliphatic carbocycles. The normalized spacial score (nSPS) is 15.3. The lowest BCUT2D eigenvalue weighted by Crippen LogP contribution is -2.08. The van der Waals surface area contributed by atoms with Gasteiger partial charge in [-0.15, -0.1) is 0 Å². The fourth-order valence-electron chi connectivity index (χ4n) is 5.12. The number of hydrogen-bond donors (Lipinski definition) is 2. The number of para-hydroxylation sites is 1. The zero-order valence-electron chi connectivity index (χ0n) is 15.5. The summed E-state index contributed by atoms with van der Waals surface area (Å²) >= 11 is 0. The molecule has 0 spiro atoms. The van der Waals surface area contributed by atoms with Gasteiger partial charge in [-0.1, -0.05) is 61.0 Å². The minimum atomic E-state index is 0.757. The van der Waals surface area contributed by atoms with Crippen LogP contribution < -0.4 is 0 Å². The van der Waals surface area contributed by atoms with Crippen LogP contribution in [-0.2, 0) is 0 Å². The van der Waals surface area contributed by atoms with Gasteiger partial charge in [0.1, 0.15) is 0 Å². The molecule has 2 heteroatoms. The number of aromatic nitrogens is 2. The van der Waals surface area contributed by atoms with Crippen LogP contribution in [0.4, 0.5) is 0 Å². The van der Waals surface area contributed by atoms with Gasteiger partial charge >= 0.3 is 0 Å². The number of hydrogen-bond acceptors (Lipinski definition) is 0. The maximum Gasteiger partial charge on any atom is 0.0565 e. The molecule has 2 aromatic heterocycles. The maximum absolute atomic E-state index is 3.78. The van der Waals surface area contributed by atoms with Crippen molar-refractivity contribution in [2.24, 2.45) is 0 Å². The van der Waals surface area contributed by atoms with Gasteiger partial charge in [0, 0.05) is 38.0 Å². The van der Waals surface area contributed by atoms with Gasteiger partial charge in [-0.2, -0.15) is 0 Å². The van der Waals surface area contributed by atoms with E-state index in [0.29, 0.717) is 0 Å². The number of benzene rings is 4. The zero-order chi connectivity index (χ0) is 18.2. The number of fused-ring (bicyclic) bond motifs is 9. The topological polar surface area (TPSA) is 31.6 Å². The molecule has 6 aromatic rings. The van der Waals surface area contributed by atoms with E-state index in [0.717, 1.165) is 5.92 Å². The highest BCUT2D eigenvalue weighted by Crippen LogP contribution is 2.40. The Hall–Kier alpha value is -3.26. The summed E-state index contributed by atoms with van der Waals surface area (Å²) in [4.78, 5) is 7.47. The average Bonchev–Trinajstić information content (AvgIpc) is 3.24. The van der Waals surface area contributed by atoms with E-state index in [1.54, 1.807) is 0 Å². The van der Waals surface area contributed by atoms with Crippen molar-refractivity contribution in [2.75, 3.05) is 0 Å². The summed E-state index contributed by atoms with van der Waals surface area (Å²) in [6.07, 6.45) is 4.05. The zero-order valence-corrected chi connectivity index (χ0v) is 15.5. The van der Waals surface area contributed by atoms with E-state index in [2.05, 4.69) is 76.7 Å². The number of nitrogens with one attached hydrogen (secondary N) is 2. The molecule has 0 unspecified atom stereocenters. The molecule has 0 amide bonds. The van der Waals surface area contributed by atoms with Crippen molar-refractivity contribution in [1.29, 1.82) is 0 Å². The molecular weight excluding hydrogens is 340 g/mol. The van der Waals surface area contributed by atoms with E-state index in [4.69, 9.17) is 0 Å². The third kappa shape index (κ3) is 1.83. The molecule has 1 fully saturated rings. The summed E-state index contributed by atoms with van der Waals surface area (Å²) in [5, 5.41) is 7.80. The fourth-order valence-corrected chi connectivity index (χ4v) is 5.12. The van der Waals surface area contributed by atoms with E-state index in [-0.39, 0.29) is 0 Å². The van der Waals surface area contributed by atoms with Crippen LogP contribution in [0.25, 0.3) is 54.4 Å². The molecule has 2 nitrogen and oxygen atoms in total. The van der Waals surface area contributed by atoms with Crippen molar-refractivity contribution in [3.8, 4) is 0 Å². The lowest BCUT2D eigenvalue weighted by Gasteiger charge is -2.25. The van der Waals surface area contributed by atoms with Crippen LogP contribution in [0.15, 0.2) is 66.7 Å². The monoisotopic (exact) mass is 360 g/mol. The highest BCUT2D eigenvalue weighted by molar-refractivity contribution is 6.26. The summed E-state index contributed by atoms with van der Waals surface area (Å²) in [5.41, 5.74) is 6.43. The van der Waals surface area contributed by atoms with Crippen LogP contribution in [0, 0.1) is 0 Å². The number of H-pyrrole nitrogens is 2. The third-order valence-electron chi connectivity index (χ3n) is 6.83. The van der Waals surface area contributed by atoms with E-state index >= 15 is 0 Å². The Kier molecular flexibility index (Phi) is 2.72. The standard InChI is InChI=1S/C26H20N2/c1-2-7-22-18(6-1)20-12-8-16-9-13-21-19-11-10-17(15-4-3-5-15)14-23(19)28-26(21)24(16)25(20)27-22/h1-2,6-15,27-28H,3-5H2. The first-order valence-electron chi connectivity index (χ1n) is 10.2. The Bertz CT molecular complexity index is 1540. The van der Waals surface area contributed by atoms with Crippen molar-refractivity contribution in [3.63, 3.8) is 0 Å². The minimum Gasteiger partial charge on any atom is -0.354 e. The Labute approximate surface area is 162 Å². The molecule has 2 heterocycles. The Balaban J connectivity index is 1.63. The Morgan fingerprint density at radius 3 is 2.07 bits per heavy atom. The van der Waals surface area contributed by atoms with Crippen molar-refractivity contribution < 1.29 is 0 Å². The van der Waals surface area contributed by atoms with Crippen molar-refractivity contribution in [3.05, 3.63) is 72.3 Å². The first-order valence-corrected chi connectivity index (χ1v) is 10.2. The van der Waals surface area contributed by atoms with Crippen LogP contribution in [0.2, 0.25) is 0 Å². The SMILES string of the molecule is c1ccc2c(c1)[nH]c1c2ccc2ccc3c4ccc(C5CCC5)cc4[nH]c3c21. The molecule has 28 heavy (non-hydrogen) atoms. The first kappa shape index (κ1) is 14.8. The average molecular weight is 360 g/mol. The lowest BCUT2D eigenvalue weighted by molar-refractivity contribution is 0.420. The summed E-state index contributed by atoms with van der Waals surface area (Å²) in [6.45, 7) is 0. The van der Waals surface area contributed by atoms with Gasteiger partial charge < -0.3 is 9.97 Å². The predicted molar refractivity (Wildman–Crippen MR) is 119 cm³/mol. The molecule has 0 aliphatic heterocycles. The van der Waals surface area contributed by atoms with E-state index in [1.165, 1.54) is 79.2 Å². The molecular formula is C26H20N2. The van der Waals surface area contributed by atoms with Gasteiger partial charge in [-0.3, -0.25) is 0 Å². The second-order valence-electron chi connectivity index (χ2n) is 8.30.